The summed E-state index contributed by atoms with van der Waals surface area (Å²) in [5.41, 5.74) is 2.43. The molecule has 0 fully saturated rings. The topological polar surface area (TPSA) is 55.2 Å². The molecule has 0 aliphatic carbocycles. The van der Waals surface area contributed by atoms with E-state index in [1.807, 2.05) is 67.3 Å². The monoisotopic (exact) mass is 573 g/mol. The summed E-state index contributed by atoms with van der Waals surface area (Å²) in [6.45, 7) is 9.23. The van der Waals surface area contributed by atoms with Crippen LogP contribution in [0.2, 0.25) is 0 Å². The third-order valence-corrected chi connectivity index (χ3v) is 8.57. The Hall–Kier alpha value is -2.95. The van der Waals surface area contributed by atoms with Crippen LogP contribution in [0.3, 0.4) is 0 Å². The molecule has 3 rings (SSSR count). The van der Waals surface area contributed by atoms with E-state index in [9.17, 15) is 9.59 Å². The van der Waals surface area contributed by atoms with Gasteiger partial charge < -0.3 is 4.90 Å². The first-order valence-electron chi connectivity index (χ1n) is 16.9. The fraction of sp³-hybridized carbons (Fsp3) is 0.595. The molecule has 0 radical (unpaired) electrons. The number of unbranched alkanes of at least 4 members (excludes halogenated alkanes) is 13. The molecule has 0 bridgehead atoms. The molecule has 0 saturated heterocycles. The van der Waals surface area contributed by atoms with Gasteiger partial charge in [-0.25, -0.2) is 4.98 Å². The molecular weight excluding hydrogens is 518 g/mol. The van der Waals surface area contributed by atoms with Crippen LogP contribution in [0.25, 0.3) is 16.6 Å². The van der Waals surface area contributed by atoms with Gasteiger partial charge in [-0.2, -0.15) is 0 Å². The molecule has 0 saturated carbocycles. The van der Waals surface area contributed by atoms with E-state index in [1.54, 1.807) is 4.57 Å². The minimum absolute atomic E-state index is 0.0829. The molecule has 5 heteroatoms. The maximum absolute atomic E-state index is 13.9. The molecule has 3 aromatic rings. The van der Waals surface area contributed by atoms with Crippen LogP contribution in [-0.4, -0.2) is 26.9 Å². The van der Waals surface area contributed by atoms with Crippen molar-refractivity contribution in [2.75, 3.05) is 6.54 Å². The smallest absolute Gasteiger partial charge is 0.266 e. The van der Waals surface area contributed by atoms with Crippen LogP contribution < -0.4 is 5.56 Å². The molecular formula is C37H55N3O2. The van der Waals surface area contributed by atoms with E-state index in [0.29, 0.717) is 29.7 Å². The summed E-state index contributed by atoms with van der Waals surface area (Å²) < 4.78 is 1.75. The van der Waals surface area contributed by atoms with Crippen molar-refractivity contribution in [1.82, 2.24) is 14.5 Å². The second kappa shape index (κ2) is 18.6. The summed E-state index contributed by atoms with van der Waals surface area (Å²) in [4.78, 5) is 34.7. The molecule has 1 heterocycles. The zero-order chi connectivity index (χ0) is 30.2. The van der Waals surface area contributed by atoms with Crippen molar-refractivity contribution in [2.24, 2.45) is 0 Å². The van der Waals surface area contributed by atoms with Gasteiger partial charge in [0, 0.05) is 13.0 Å². The average Bonchev–Trinajstić information content (AvgIpc) is 3.00. The fourth-order valence-electron chi connectivity index (χ4n) is 5.94. The molecule has 1 amide bonds. The van der Waals surface area contributed by atoms with Crippen molar-refractivity contribution < 1.29 is 4.79 Å². The average molecular weight is 574 g/mol. The van der Waals surface area contributed by atoms with E-state index in [2.05, 4.69) is 13.8 Å². The van der Waals surface area contributed by atoms with Gasteiger partial charge >= 0.3 is 0 Å². The second-order valence-corrected chi connectivity index (χ2v) is 12.0. The summed E-state index contributed by atoms with van der Waals surface area (Å²) in [5.74, 6) is 0.810. The quantitative estimate of drug-likeness (QED) is 0.126. The lowest BCUT2D eigenvalue weighted by Gasteiger charge is -2.31. The Bertz CT molecular complexity index is 1280. The molecule has 0 aliphatic heterocycles. The minimum Gasteiger partial charge on any atom is -0.333 e. The summed E-state index contributed by atoms with van der Waals surface area (Å²) >= 11 is 0. The molecule has 1 unspecified atom stereocenters. The molecule has 42 heavy (non-hydrogen) atoms. The third-order valence-electron chi connectivity index (χ3n) is 8.57. The number of carbonyl (C=O) groups is 1. The summed E-state index contributed by atoms with van der Waals surface area (Å²) in [7, 11) is 0. The number of aromatic nitrogens is 2. The number of rotatable bonds is 20. The lowest BCUT2D eigenvalue weighted by Crippen LogP contribution is -2.38. The zero-order valence-corrected chi connectivity index (χ0v) is 26.9. The Morgan fingerprint density at radius 3 is 1.95 bits per heavy atom. The van der Waals surface area contributed by atoms with Gasteiger partial charge in [-0.15, -0.1) is 0 Å². The van der Waals surface area contributed by atoms with Gasteiger partial charge in [-0.1, -0.05) is 128 Å². The SMILES string of the molecule is CCCCCCCCCCCCCC(=O)N(CCCCCC)C(C)c1nc2ccccc2c(=O)n1-c1ccccc1C. The standard InChI is InChI=1S/C37H55N3O2/c1-5-7-9-11-12-13-14-15-16-17-18-28-35(41)39(29-23-10-8-6-2)31(4)36-38-33-26-21-20-25-32(33)37(42)40(36)34-27-22-19-24-30(34)3/h19-22,24-27,31H,5-18,23,28-29H2,1-4H3. The van der Waals surface area contributed by atoms with Crippen molar-refractivity contribution in [3.05, 3.63) is 70.3 Å². The summed E-state index contributed by atoms with van der Waals surface area (Å²) in [5, 5.41) is 0.596. The highest BCUT2D eigenvalue weighted by Gasteiger charge is 2.26. The van der Waals surface area contributed by atoms with E-state index in [-0.39, 0.29) is 17.5 Å². The van der Waals surface area contributed by atoms with Gasteiger partial charge in [-0.3, -0.25) is 14.2 Å². The Labute approximate surface area is 254 Å². The van der Waals surface area contributed by atoms with E-state index in [4.69, 9.17) is 4.98 Å². The molecule has 230 valence electrons. The number of para-hydroxylation sites is 2. The van der Waals surface area contributed by atoms with Gasteiger partial charge in [-0.05, 0) is 50.5 Å². The molecule has 5 nitrogen and oxygen atoms in total. The Balaban J connectivity index is 1.74. The van der Waals surface area contributed by atoms with Crippen LogP contribution in [-0.2, 0) is 4.79 Å². The lowest BCUT2D eigenvalue weighted by molar-refractivity contribution is -0.133. The van der Waals surface area contributed by atoms with Gasteiger partial charge in [0.05, 0.1) is 22.6 Å². The van der Waals surface area contributed by atoms with Crippen LogP contribution in [0.1, 0.15) is 141 Å². The second-order valence-electron chi connectivity index (χ2n) is 12.0. The van der Waals surface area contributed by atoms with E-state index in [1.165, 1.54) is 57.8 Å². The largest absolute Gasteiger partial charge is 0.333 e. The highest BCUT2D eigenvalue weighted by Crippen LogP contribution is 2.26. The van der Waals surface area contributed by atoms with Crippen molar-refractivity contribution in [1.29, 1.82) is 0 Å². The summed E-state index contributed by atoms with van der Waals surface area (Å²) in [6, 6.07) is 15.2. The van der Waals surface area contributed by atoms with Crippen molar-refractivity contribution in [2.45, 2.75) is 136 Å². The first kappa shape index (κ1) is 33.6. The van der Waals surface area contributed by atoms with Crippen LogP contribution in [0.4, 0.5) is 0 Å². The predicted octanol–water partition coefficient (Wildman–Crippen LogP) is 9.87. The normalized spacial score (nSPS) is 12.1. The van der Waals surface area contributed by atoms with Gasteiger partial charge in [0.1, 0.15) is 5.82 Å². The minimum atomic E-state index is -0.316. The van der Waals surface area contributed by atoms with Crippen LogP contribution >= 0.6 is 0 Å². The number of amides is 1. The first-order chi connectivity index (χ1) is 20.5. The zero-order valence-electron chi connectivity index (χ0n) is 26.9. The molecule has 2 aromatic carbocycles. The number of aryl methyl sites for hydroxylation is 1. The van der Waals surface area contributed by atoms with E-state index in [0.717, 1.165) is 49.8 Å². The number of carbonyl (C=O) groups excluding carboxylic acids is 1. The summed E-state index contributed by atoms with van der Waals surface area (Å²) in [6.07, 6.45) is 18.8. The van der Waals surface area contributed by atoms with Crippen LogP contribution in [0.5, 0.6) is 0 Å². The number of hydrogen-bond acceptors (Lipinski definition) is 3. The van der Waals surface area contributed by atoms with Crippen LogP contribution in [0.15, 0.2) is 53.3 Å². The van der Waals surface area contributed by atoms with E-state index >= 15 is 0 Å². The van der Waals surface area contributed by atoms with Gasteiger partial charge in [0.2, 0.25) is 5.91 Å². The molecule has 1 atom stereocenters. The van der Waals surface area contributed by atoms with Gasteiger partial charge in [0.25, 0.3) is 5.56 Å². The maximum atomic E-state index is 13.9. The Morgan fingerprint density at radius 2 is 1.31 bits per heavy atom. The highest BCUT2D eigenvalue weighted by molar-refractivity contribution is 5.79. The molecule has 0 aliphatic rings. The molecule has 0 spiro atoms. The maximum Gasteiger partial charge on any atom is 0.266 e. The predicted molar refractivity (Wildman–Crippen MR) is 177 cm³/mol. The third kappa shape index (κ3) is 9.81. The Kier molecular flexibility index (Phi) is 14.8. The van der Waals surface area contributed by atoms with Crippen molar-refractivity contribution in [3.63, 3.8) is 0 Å². The lowest BCUT2D eigenvalue weighted by atomic mass is 10.0. The van der Waals surface area contributed by atoms with E-state index < -0.39 is 0 Å². The Morgan fingerprint density at radius 1 is 0.762 bits per heavy atom. The van der Waals surface area contributed by atoms with Crippen molar-refractivity contribution in [3.8, 4) is 5.69 Å². The molecule has 1 aromatic heterocycles. The number of hydrogen-bond donors (Lipinski definition) is 0. The highest BCUT2D eigenvalue weighted by atomic mass is 16.2. The number of nitrogens with zero attached hydrogens (tertiary/aromatic N) is 3. The van der Waals surface area contributed by atoms with Crippen LogP contribution in [0, 0.1) is 6.92 Å². The fourth-order valence-corrected chi connectivity index (χ4v) is 5.94. The first-order valence-corrected chi connectivity index (χ1v) is 16.9. The number of fused-ring (bicyclic) bond motifs is 1. The number of benzene rings is 2. The van der Waals surface area contributed by atoms with Crippen molar-refractivity contribution >= 4 is 16.8 Å². The van der Waals surface area contributed by atoms with Gasteiger partial charge in [0.15, 0.2) is 0 Å². The molecule has 0 N–H and O–H groups in total.